The molecule has 0 aliphatic carbocycles. The van der Waals surface area contributed by atoms with Crippen molar-refractivity contribution >= 4 is 0 Å². The Bertz CT molecular complexity index is 396. The van der Waals surface area contributed by atoms with E-state index in [9.17, 15) is 0 Å². The van der Waals surface area contributed by atoms with Crippen molar-refractivity contribution in [2.45, 2.75) is 58.8 Å². The first-order valence-electron chi connectivity index (χ1n) is 6.60. The van der Waals surface area contributed by atoms with Gasteiger partial charge in [-0.1, -0.05) is 59.7 Å². The zero-order chi connectivity index (χ0) is 14.0. The van der Waals surface area contributed by atoms with Gasteiger partial charge < -0.3 is 5.11 Å². The van der Waals surface area contributed by atoms with Crippen molar-refractivity contribution in [3.63, 3.8) is 0 Å². The smallest absolute Gasteiger partial charge is 0.0755 e. The molecule has 0 amide bonds. The number of aliphatic hydroxyl groups is 1. The Morgan fingerprint density at radius 3 is 1.72 bits per heavy atom. The van der Waals surface area contributed by atoms with Crippen LogP contribution in [0.5, 0.6) is 0 Å². The van der Waals surface area contributed by atoms with E-state index < -0.39 is 0 Å². The molecule has 1 heteroatoms. The van der Waals surface area contributed by atoms with Gasteiger partial charge in [-0.25, -0.2) is 0 Å². The van der Waals surface area contributed by atoms with Crippen LogP contribution in [0.1, 0.15) is 58.2 Å². The second kappa shape index (κ2) is 5.17. The summed E-state index contributed by atoms with van der Waals surface area (Å²) < 4.78 is 0. The van der Waals surface area contributed by atoms with E-state index in [1.807, 2.05) is 6.08 Å². The number of benzene rings is 1. The number of hydrogen-bond acceptors (Lipinski definition) is 1. The van der Waals surface area contributed by atoms with Gasteiger partial charge in [0.05, 0.1) is 6.26 Å². The summed E-state index contributed by atoms with van der Waals surface area (Å²) in [6.45, 7) is 13.4. The zero-order valence-corrected chi connectivity index (χ0v) is 12.5. The van der Waals surface area contributed by atoms with Crippen molar-refractivity contribution in [3.05, 3.63) is 47.2 Å². The maximum Gasteiger partial charge on any atom is 0.0755 e. The third kappa shape index (κ3) is 3.38. The van der Waals surface area contributed by atoms with Gasteiger partial charge >= 0.3 is 0 Å². The summed E-state index contributed by atoms with van der Waals surface area (Å²) in [6.07, 6.45) is 3.75. The lowest BCUT2D eigenvalue weighted by Crippen LogP contribution is -2.20. The summed E-state index contributed by atoms with van der Waals surface area (Å²) in [7, 11) is 0. The van der Waals surface area contributed by atoms with Crippen molar-refractivity contribution in [2.24, 2.45) is 0 Å². The highest BCUT2D eigenvalue weighted by atomic mass is 16.2. The van der Waals surface area contributed by atoms with Gasteiger partial charge in [-0.2, -0.15) is 0 Å². The van der Waals surface area contributed by atoms with Crippen molar-refractivity contribution in [1.29, 1.82) is 0 Å². The predicted octanol–water partition coefficient (Wildman–Crippen LogP) is 4.90. The van der Waals surface area contributed by atoms with Crippen LogP contribution in [0.2, 0.25) is 0 Å². The molecule has 1 aromatic rings. The second-order valence-corrected chi connectivity index (χ2v) is 6.92. The maximum absolute atomic E-state index is 8.93. The molecule has 0 radical (unpaired) electrons. The molecule has 0 unspecified atom stereocenters. The standard InChI is InChI=1S/C17H26O/c1-16(2,3)14-10-7-11-15(17(4,5)6)13(14)9-8-12-18/h7-8,10-12,18H,9H2,1-6H3. The topological polar surface area (TPSA) is 20.2 Å². The Morgan fingerprint density at radius 1 is 0.944 bits per heavy atom. The monoisotopic (exact) mass is 246 g/mol. The molecule has 100 valence electrons. The fraction of sp³-hybridized carbons (Fsp3) is 0.529. The lowest BCUT2D eigenvalue weighted by molar-refractivity contribution is 0.471. The van der Waals surface area contributed by atoms with Crippen molar-refractivity contribution in [3.8, 4) is 0 Å². The molecule has 18 heavy (non-hydrogen) atoms. The van der Waals surface area contributed by atoms with Gasteiger partial charge in [0.1, 0.15) is 0 Å². The van der Waals surface area contributed by atoms with Crippen LogP contribution in [0.4, 0.5) is 0 Å². The summed E-state index contributed by atoms with van der Waals surface area (Å²) in [5.41, 5.74) is 4.34. The molecule has 1 aromatic carbocycles. The third-order valence-corrected chi connectivity index (χ3v) is 3.22. The van der Waals surface area contributed by atoms with Crippen molar-refractivity contribution in [2.75, 3.05) is 0 Å². The Kier molecular flexibility index (Phi) is 4.26. The van der Waals surface area contributed by atoms with Crippen LogP contribution >= 0.6 is 0 Å². The van der Waals surface area contributed by atoms with E-state index in [0.717, 1.165) is 12.7 Å². The van der Waals surface area contributed by atoms with Crippen LogP contribution in [-0.2, 0) is 17.3 Å². The molecule has 0 aliphatic heterocycles. The first-order valence-corrected chi connectivity index (χ1v) is 6.60. The molecule has 0 fully saturated rings. The van der Waals surface area contributed by atoms with Crippen LogP contribution in [0.15, 0.2) is 30.5 Å². The molecule has 0 atom stereocenters. The molecular weight excluding hydrogens is 220 g/mol. The van der Waals surface area contributed by atoms with Gasteiger partial charge in [0.15, 0.2) is 0 Å². The maximum atomic E-state index is 8.93. The lowest BCUT2D eigenvalue weighted by atomic mass is 9.75. The average Bonchev–Trinajstić information content (AvgIpc) is 2.23. The van der Waals surface area contributed by atoms with Gasteiger partial charge in [-0.05, 0) is 40.0 Å². The van der Waals surface area contributed by atoms with Crippen molar-refractivity contribution < 1.29 is 5.11 Å². The van der Waals surface area contributed by atoms with E-state index in [-0.39, 0.29) is 10.8 Å². The number of rotatable bonds is 2. The molecule has 0 heterocycles. The second-order valence-electron chi connectivity index (χ2n) is 6.92. The molecule has 0 bridgehead atoms. The van der Waals surface area contributed by atoms with E-state index in [4.69, 9.17) is 5.11 Å². The van der Waals surface area contributed by atoms with E-state index in [0.29, 0.717) is 0 Å². The Morgan fingerprint density at radius 2 is 1.39 bits per heavy atom. The fourth-order valence-electron chi connectivity index (χ4n) is 2.38. The lowest BCUT2D eigenvalue weighted by Gasteiger charge is -2.29. The van der Waals surface area contributed by atoms with Crippen LogP contribution < -0.4 is 0 Å². The molecule has 1 rings (SSSR count). The first-order chi connectivity index (χ1) is 8.18. The Labute approximate surface area is 112 Å². The van der Waals surface area contributed by atoms with Gasteiger partial charge in [0.2, 0.25) is 0 Å². The van der Waals surface area contributed by atoms with Gasteiger partial charge in [-0.15, -0.1) is 0 Å². The summed E-state index contributed by atoms with van der Waals surface area (Å²) in [4.78, 5) is 0. The van der Waals surface area contributed by atoms with Crippen LogP contribution in [0.25, 0.3) is 0 Å². The molecule has 0 saturated heterocycles. The van der Waals surface area contributed by atoms with Crippen LogP contribution in [0, 0.1) is 0 Å². The number of aliphatic hydroxyl groups excluding tert-OH is 1. The minimum atomic E-state index is 0.125. The fourth-order valence-corrected chi connectivity index (χ4v) is 2.38. The minimum absolute atomic E-state index is 0.125. The molecule has 0 spiro atoms. The molecule has 0 saturated carbocycles. The van der Waals surface area contributed by atoms with Gasteiger partial charge in [0, 0.05) is 0 Å². The van der Waals surface area contributed by atoms with E-state index in [1.165, 1.54) is 16.7 Å². The van der Waals surface area contributed by atoms with E-state index >= 15 is 0 Å². The minimum Gasteiger partial charge on any atom is -0.516 e. The summed E-state index contributed by atoms with van der Waals surface area (Å²) in [6, 6.07) is 6.55. The van der Waals surface area contributed by atoms with Crippen LogP contribution in [-0.4, -0.2) is 5.11 Å². The summed E-state index contributed by atoms with van der Waals surface area (Å²) >= 11 is 0. The zero-order valence-electron chi connectivity index (χ0n) is 12.5. The highest BCUT2D eigenvalue weighted by Gasteiger charge is 2.24. The molecule has 0 aliphatic rings. The normalized spacial score (nSPS) is 13.2. The average molecular weight is 246 g/mol. The van der Waals surface area contributed by atoms with E-state index in [2.05, 4.69) is 59.7 Å². The first kappa shape index (κ1) is 14.8. The van der Waals surface area contributed by atoms with Crippen molar-refractivity contribution in [1.82, 2.24) is 0 Å². The molecule has 1 N–H and O–H groups in total. The Hall–Kier alpha value is -1.24. The van der Waals surface area contributed by atoms with Gasteiger partial charge in [0.25, 0.3) is 0 Å². The van der Waals surface area contributed by atoms with E-state index in [1.54, 1.807) is 0 Å². The third-order valence-electron chi connectivity index (χ3n) is 3.22. The number of allylic oxidation sites excluding steroid dienone is 1. The highest BCUT2D eigenvalue weighted by Crippen LogP contribution is 2.34. The summed E-state index contributed by atoms with van der Waals surface area (Å²) in [5.74, 6) is 0. The Balaban J connectivity index is 3.45. The number of hydrogen-bond donors (Lipinski definition) is 1. The predicted molar refractivity (Wildman–Crippen MR) is 79.3 cm³/mol. The highest BCUT2D eigenvalue weighted by molar-refractivity contribution is 5.43. The largest absolute Gasteiger partial charge is 0.516 e. The van der Waals surface area contributed by atoms with Gasteiger partial charge in [-0.3, -0.25) is 0 Å². The molecule has 0 aromatic heterocycles. The van der Waals surface area contributed by atoms with Crippen LogP contribution in [0.3, 0.4) is 0 Å². The molecular formula is C17H26O. The summed E-state index contributed by atoms with van der Waals surface area (Å²) in [5, 5.41) is 8.93. The SMILES string of the molecule is CC(C)(C)c1cccc(C(C)(C)C)c1CC=CO. The quantitative estimate of drug-likeness (QED) is 0.736. The molecule has 1 nitrogen and oxygen atoms in total.